The number of hydrogen-bond donors (Lipinski definition) is 1. The fourth-order valence-electron chi connectivity index (χ4n) is 0.795. The van der Waals surface area contributed by atoms with Gasteiger partial charge in [-0.2, -0.15) is 5.10 Å². The van der Waals surface area contributed by atoms with Crippen molar-refractivity contribution in [3.63, 3.8) is 0 Å². The lowest BCUT2D eigenvalue weighted by atomic mass is 10.3. The molecule has 0 saturated heterocycles. The van der Waals surface area contributed by atoms with E-state index in [0.717, 1.165) is 0 Å². The molecular weight excluding hydrogens is 260 g/mol. The number of hydrazone groups is 1. The van der Waals surface area contributed by atoms with Crippen LogP contribution < -0.4 is 5.43 Å². The minimum Gasteiger partial charge on any atom is -0.367 e. The first kappa shape index (κ1) is 11.6. The predicted molar refractivity (Wildman–Crippen MR) is 61.6 cm³/mol. The molecular formula is C9H11BrN4O. The first-order chi connectivity index (χ1) is 7.09. The fraction of sp³-hybridized carbons (Fsp3) is 0.222. The molecule has 1 amide bonds. The summed E-state index contributed by atoms with van der Waals surface area (Å²) in [6.45, 7) is 0. The summed E-state index contributed by atoms with van der Waals surface area (Å²) in [7, 11) is 3.63. The Kier molecular flexibility index (Phi) is 4.23. The average Bonchev–Trinajstić information content (AvgIpc) is 2.17. The Bertz CT molecular complexity index is 378. The lowest BCUT2D eigenvalue weighted by molar-refractivity contribution is 0.0949. The summed E-state index contributed by atoms with van der Waals surface area (Å²) in [6, 6.07) is 5.10. The number of carbonyl (C=O) groups excluding carboxylic acids is 1. The molecule has 1 aromatic rings. The number of aromatic nitrogens is 1. The van der Waals surface area contributed by atoms with Gasteiger partial charge in [0.1, 0.15) is 16.6 Å². The summed E-state index contributed by atoms with van der Waals surface area (Å²) in [5, 5.41) is 3.72. The molecule has 0 radical (unpaired) electrons. The molecule has 0 atom stereocenters. The van der Waals surface area contributed by atoms with Crippen LogP contribution in [0.2, 0.25) is 0 Å². The molecule has 0 unspecified atom stereocenters. The van der Waals surface area contributed by atoms with Gasteiger partial charge in [-0.15, -0.1) is 0 Å². The Hall–Kier alpha value is -1.43. The van der Waals surface area contributed by atoms with Crippen LogP contribution in [0.4, 0.5) is 0 Å². The van der Waals surface area contributed by atoms with Crippen LogP contribution in [0.5, 0.6) is 0 Å². The van der Waals surface area contributed by atoms with Crippen molar-refractivity contribution in [3.05, 3.63) is 28.5 Å². The predicted octanol–water partition coefficient (Wildman–Crippen LogP) is 1.08. The molecule has 0 aliphatic rings. The van der Waals surface area contributed by atoms with Crippen molar-refractivity contribution in [1.82, 2.24) is 15.3 Å². The van der Waals surface area contributed by atoms with Gasteiger partial charge in [0, 0.05) is 14.1 Å². The number of hydrogen-bond acceptors (Lipinski definition) is 3. The SMILES string of the molecule is CN(C)/C=N\NC(=O)c1cccc(Br)n1. The summed E-state index contributed by atoms with van der Waals surface area (Å²) in [6.07, 6.45) is 1.50. The van der Waals surface area contributed by atoms with Crippen LogP contribution in [0.25, 0.3) is 0 Å². The Morgan fingerprint density at radius 1 is 1.60 bits per heavy atom. The highest BCUT2D eigenvalue weighted by Crippen LogP contribution is 2.05. The molecule has 0 bridgehead atoms. The third kappa shape index (κ3) is 4.07. The summed E-state index contributed by atoms with van der Waals surface area (Å²) < 4.78 is 0.617. The largest absolute Gasteiger partial charge is 0.367 e. The highest BCUT2D eigenvalue weighted by molar-refractivity contribution is 9.10. The van der Waals surface area contributed by atoms with Crippen LogP contribution in [-0.4, -0.2) is 36.2 Å². The van der Waals surface area contributed by atoms with E-state index in [1.165, 1.54) is 6.34 Å². The summed E-state index contributed by atoms with van der Waals surface area (Å²) in [5.41, 5.74) is 2.68. The van der Waals surface area contributed by atoms with E-state index in [1.807, 2.05) is 14.1 Å². The molecule has 0 aromatic carbocycles. The van der Waals surface area contributed by atoms with E-state index in [9.17, 15) is 4.79 Å². The van der Waals surface area contributed by atoms with Gasteiger partial charge in [0.15, 0.2) is 0 Å². The van der Waals surface area contributed by atoms with Gasteiger partial charge < -0.3 is 4.90 Å². The Morgan fingerprint density at radius 2 is 2.33 bits per heavy atom. The minimum absolute atomic E-state index is 0.320. The van der Waals surface area contributed by atoms with Crippen molar-refractivity contribution in [1.29, 1.82) is 0 Å². The van der Waals surface area contributed by atoms with Crippen molar-refractivity contribution in [2.24, 2.45) is 5.10 Å². The molecule has 0 saturated carbocycles. The fourth-order valence-corrected chi connectivity index (χ4v) is 1.14. The molecule has 0 spiro atoms. The van der Waals surface area contributed by atoms with Gasteiger partial charge in [0.2, 0.25) is 0 Å². The Balaban J connectivity index is 2.62. The van der Waals surface area contributed by atoms with Gasteiger partial charge >= 0.3 is 0 Å². The maximum atomic E-state index is 11.5. The van der Waals surface area contributed by atoms with Gasteiger partial charge in [-0.3, -0.25) is 4.79 Å². The van der Waals surface area contributed by atoms with Crippen LogP contribution in [0.1, 0.15) is 10.5 Å². The van der Waals surface area contributed by atoms with E-state index < -0.39 is 0 Å². The number of rotatable bonds is 3. The van der Waals surface area contributed by atoms with E-state index in [-0.39, 0.29) is 5.91 Å². The smallest absolute Gasteiger partial charge is 0.290 e. The molecule has 80 valence electrons. The zero-order valence-corrected chi connectivity index (χ0v) is 10.0. The van der Waals surface area contributed by atoms with Gasteiger partial charge in [-0.1, -0.05) is 6.07 Å². The normalized spacial score (nSPS) is 10.3. The second-order valence-corrected chi connectivity index (χ2v) is 3.81. The Morgan fingerprint density at radius 3 is 2.93 bits per heavy atom. The Labute approximate surface area is 96.3 Å². The molecule has 5 nitrogen and oxygen atoms in total. The van der Waals surface area contributed by atoms with Crippen LogP contribution in [0.3, 0.4) is 0 Å². The van der Waals surface area contributed by atoms with Crippen molar-refractivity contribution >= 4 is 28.2 Å². The van der Waals surface area contributed by atoms with Gasteiger partial charge in [0.05, 0.1) is 0 Å². The third-order valence-electron chi connectivity index (χ3n) is 1.40. The van der Waals surface area contributed by atoms with Crippen molar-refractivity contribution in [2.45, 2.75) is 0 Å². The zero-order chi connectivity index (χ0) is 11.3. The van der Waals surface area contributed by atoms with Gasteiger partial charge in [-0.25, -0.2) is 10.4 Å². The van der Waals surface area contributed by atoms with Crippen molar-refractivity contribution in [3.8, 4) is 0 Å². The average molecular weight is 271 g/mol. The second kappa shape index (κ2) is 5.45. The van der Waals surface area contributed by atoms with Crippen LogP contribution in [0, 0.1) is 0 Å². The summed E-state index contributed by atoms with van der Waals surface area (Å²) in [5.74, 6) is -0.339. The first-order valence-corrected chi connectivity index (χ1v) is 5.01. The molecule has 6 heteroatoms. The number of amides is 1. The van der Waals surface area contributed by atoms with Crippen LogP contribution in [0.15, 0.2) is 27.9 Å². The summed E-state index contributed by atoms with van der Waals surface area (Å²) in [4.78, 5) is 17.2. The number of carbonyl (C=O) groups is 1. The van der Waals surface area contributed by atoms with E-state index >= 15 is 0 Å². The maximum Gasteiger partial charge on any atom is 0.290 e. The molecule has 1 heterocycles. The van der Waals surface area contributed by atoms with Crippen molar-refractivity contribution in [2.75, 3.05) is 14.1 Å². The molecule has 0 fully saturated rings. The molecule has 1 rings (SSSR count). The molecule has 1 aromatic heterocycles. The highest BCUT2D eigenvalue weighted by atomic mass is 79.9. The molecule has 1 N–H and O–H groups in total. The minimum atomic E-state index is -0.339. The quantitative estimate of drug-likeness (QED) is 0.387. The zero-order valence-electron chi connectivity index (χ0n) is 8.44. The van der Waals surface area contributed by atoms with Crippen LogP contribution >= 0.6 is 15.9 Å². The number of nitrogens with one attached hydrogen (secondary N) is 1. The van der Waals surface area contributed by atoms with E-state index in [4.69, 9.17) is 0 Å². The number of nitrogens with zero attached hydrogens (tertiary/aromatic N) is 3. The van der Waals surface area contributed by atoms with Crippen molar-refractivity contribution < 1.29 is 4.79 Å². The third-order valence-corrected chi connectivity index (χ3v) is 1.84. The summed E-state index contributed by atoms with van der Waals surface area (Å²) >= 11 is 3.18. The standard InChI is InChI=1S/C9H11BrN4O/c1-14(2)6-11-13-9(15)7-4-3-5-8(10)12-7/h3-6H,1-2H3,(H,13,15)/b11-6-. The van der Waals surface area contributed by atoms with Gasteiger partial charge in [-0.05, 0) is 28.1 Å². The second-order valence-electron chi connectivity index (χ2n) is 2.99. The molecule has 0 aliphatic carbocycles. The maximum absolute atomic E-state index is 11.5. The van der Waals surface area contributed by atoms with E-state index in [1.54, 1.807) is 23.1 Å². The number of pyridine rings is 1. The lowest BCUT2D eigenvalue weighted by Crippen LogP contribution is -2.21. The van der Waals surface area contributed by atoms with E-state index in [2.05, 4.69) is 31.4 Å². The van der Waals surface area contributed by atoms with E-state index in [0.29, 0.717) is 10.3 Å². The lowest BCUT2D eigenvalue weighted by Gasteiger charge is -2.03. The van der Waals surface area contributed by atoms with Gasteiger partial charge in [0.25, 0.3) is 5.91 Å². The van der Waals surface area contributed by atoms with Crippen LogP contribution in [-0.2, 0) is 0 Å². The monoisotopic (exact) mass is 270 g/mol. The molecule has 0 aliphatic heterocycles. The highest BCUT2D eigenvalue weighted by Gasteiger charge is 2.05. The topological polar surface area (TPSA) is 57.6 Å². The first-order valence-electron chi connectivity index (χ1n) is 4.22. The number of halogens is 1. The molecule has 15 heavy (non-hydrogen) atoms.